The molecule has 1 nitrogen and oxygen atoms in total. The van der Waals surface area contributed by atoms with E-state index in [2.05, 4.69) is 13.2 Å². The Morgan fingerprint density at radius 3 is 2.78 bits per heavy atom. The SMILES string of the molecule is C=CCC(=C)COCC. The summed E-state index contributed by atoms with van der Waals surface area (Å²) in [5, 5.41) is 0. The second kappa shape index (κ2) is 5.57. The predicted molar refractivity (Wildman–Crippen MR) is 40.4 cm³/mol. The minimum Gasteiger partial charge on any atom is -0.377 e. The van der Waals surface area contributed by atoms with Crippen molar-refractivity contribution in [3.05, 3.63) is 24.8 Å². The molecule has 0 aromatic rings. The van der Waals surface area contributed by atoms with Crippen LogP contribution in [0.5, 0.6) is 0 Å². The smallest absolute Gasteiger partial charge is 0.0677 e. The first-order chi connectivity index (χ1) is 4.31. The average Bonchev–Trinajstić information content (AvgIpc) is 1.85. The zero-order valence-corrected chi connectivity index (χ0v) is 6.02. The molecule has 0 saturated carbocycles. The van der Waals surface area contributed by atoms with Crippen LogP contribution in [0.1, 0.15) is 13.3 Å². The van der Waals surface area contributed by atoms with Gasteiger partial charge in [0.1, 0.15) is 0 Å². The maximum Gasteiger partial charge on any atom is 0.0677 e. The van der Waals surface area contributed by atoms with Crippen LogP contribution in [0.3, 0.4) is 0 Å². The molecule has 1 heteroatoms. The maximum atomic E-state index is 5.10. The van der Waals surface area contributed by atoms with Crippen LogP contribution in [0, 0.1) is 0 Å². The molecule has 0 N–H and O–H groups in total. The monoisotopic (exact) mass is 126 g/mol. The standard InChI is InChI=1S/C8H14O/c1-4-6-8(3)7-9-5-2/h4H,1,3,5-7H2,2H3. The van der Waals surface area contributed by atoms with Gasteiger partial charge in [-0.15, -0.1) is 6.58 Å². The summed E-state index contributed by atoms with van der Waals surface area (Å²) in [5.41, 5.74) is 1.09. The maximum absolute atomic E-state index is 5.10. The van der Waals surface area contributed by atoms with Crippen molar-refractivity contribution < 1.29 is 4.74 Å². The predicted octanol–water partition coefficient (Wildman–Crippen LogP) is 2.16. The number of hydrogen-bond acceptors (Lipinski definition) is 1. The third kappa shape index (κ3) is 5.31. The zero-order valence-electron chi connectivity index (χ0n) is 6.02. The largest absolute Gasteiger partial charge is 0.377 e. The molecule has 0 saturated heterocycles. The van der Waals surface area contributed by atoms with E-state index < -0.39 is 0 Å². The molecule has 52 valence electrons. The lowest BCUT2D eigenvalue weighted by Gasteiger charge is -2.00. The van der Waals surface area contributed by atoms with Crippen LogP contribution in [0.4, 0.5) is 0 Å². The van der Waals surface area contributed by atoms with E-state index >= 15 is 0 Å². The number of ether oxygens (including phenoxy) is 1. The highest BCUT2D eigenvalue weighted by Gasteiger charge is 1.87. The fourth-order valence-corrected chi connectivity index (χ4v) is 0.509. The van der Waals surface area contributed by atoms with Crippen LogP contribution in [-0.4, -0.2) is 13.2 Å². The molecule has 0 bridgehead atoms. The van der Waals surface area contributed by atoms with E-state index in [0.717, 1.165) is 18.6 Å². The van der Waals surface area contributed by atoms with Gasteiger partial charge >= 0.3 is 0 Å². The molecule has 0 unspecified atom stereocenters. The Bertz CT molecular complexity index is 94.7. The number of allylic oxidation sites excluding steroid dienone is 1. The summed E-state index contributed by atoms with van der Waals surface area (Å²) < 4.78 is 5.10. The van der Waals surface area contributed by atoms with Crippen LogP contribution in [0.15, 0.2) is 24.8 Å². The molecule has 0 fully saturated rings. The van der Waals surface area contributed by atoms with Crippen molar-refractivity contribution in [3.8, 4) is 0 Å². The fraction of sp³-hybridized carbons (Fsp3) is 0.500. The van der Waals surface area contributed by atoms with Crippen LogP contribution in [-0.2, 0) is 4.74 Å². The molecule has 0 amide bonds. The lowest BCUT2D eigenvalue weighted by atomic mass is 10.2. The van der Waals surface area contributed by atoms with Crippen molar-refractivity contribution in [3.63, 3.8) is 0 Å². The molecule has 0 aliphatic rings. The normalized spacial score (nSPS) is 9.00. The molecule has 0 heterocycles. The highest BCUT2D eigenvalue weighted by Crippen LogP contribution is 1.97. The molecule has 9 heavy (non-hydrogen) atoms. The first kappa shape index (κ1) is 8.44. The highest BCUT2D eigenvalue weighted by atomic mass is 16.5. The Labute approximate surface area is 57.0 Å². The molecular formula is C8H14O. The van der Waals surface area contributed by atoms with Crippen molar-refractivity contribution >= 4 is 0 Å². The summed E-state index contributed by atoms with van der Waals surface area (Å²) in [6.45, 7) is 10.8. The second-order valence-electron chi connectivity index (χ2n) is 1.88. The third-order valence-electron chi connectivity index (χ3n) is 0.943. The first-order valence-corrected chi connectivity index (χ1v) is 3.16. The average molecular weight is 126 g/mol. The number of rotatable bonds is 5. The van der Waals surface area contributed by atoms with Crippen molar-refractivity contribution in [2.45, 2.75) is 13.3 Å². The zero-order chi connectivity index (χ0) is 7.11. The van der Waals surface area contributed by atoms with Crippen LogP contribution in [0.25, 0.3) is 0 Å². The summed E-state index contributed by atoms with van der Waals surface area (Å²) in [5.74, 6) is 0. The van der Waals surface area contributed by atoms with Crippen molar-refractivity contribution in [1.82, 2.24) is 0 Å². The van der Waals surface area contributed by atoms with Gasteiger partial charge < -0.3 is 4.74 Å². The molecule has 0 radical (unpaired) electrons. The lowest BCUT2D eigenvalue weighted by Crippen LogP contribution is -1.94. The fourth-order valence-electron chi connectivity index (χ4n) is 0.509. The van der Waals surface area contributed by atoms with Crippen LogP contribution >= 0.6 is 0 Å². The summed E-state index contributed by atoms with van der Waals surface area (Å²) >= 11 is 0. The van der Waals surface area contributed by atoms with Crippen molar-refractivity contribution in [2.75, 3.05) is 13.2 Å². The van der Waals surface area contributed by atoms with E-state index in [0.29, 0.717) is 6.61 Å². The number of hydrogen-bond donors (Lipinski definition) is 0. The Hall–Kier alpha value is -0.560. The third-order valence-corrected chi connectivity index (χ3v) is 0.943. The first-order valence-electron chi connectivity index (χ1n) is 3.16. The minimum absolute atomic E-state index is 0.669. The van der Waals surface area contributed by atoms with Gasteiger partial charge in [-0.25, -0.2) is 0 Å². The van der Waals surface area contributed by atoms with Gasteiger partial charge in [-0.1, -0.05) is 12.7 Å². The Morgan fingerprint density at radius 1 is 1.67 bits per heavy atom. The van der Waals surface area contributed by atoms with Gasteiger partial charge in [-0.3, -0.25) is 0 Å². The van der Waals surface area contributed by atoms with Crippen LogP contribution in [0.2, 0.25) is 0 Å². The van der Waals surface area contributed by atoms with Gasteiger partial charge in [0.05, 0.1) is 6.61 Å². The molecule has 0 spiro atoms. The molecule has 0 aromatic heterocycles. The summed E-state index contributed by atoms with van der Waals surface area (Å²) in [6, 6.07) is 0. The highest BCUT2D eigenvalue weighted by molar-refractivity contribution is 4.99. The molecule has 0 aliphatic heterocycles. The van der Waals surface area contributed by atoms with Crippen molar-refractivity contribution in [2.24, 2.45) is 0 Å². The summed E-state index contributed by atoms with van der Waals surface area (Å²) in [6.07, 6.45) is 2.70. The van der Waals surface area contributed by atoms with E-state index in [-0.39, 0.29) is 0 Å². The lowest BCUT2D eigenvalue weighted by molar-refractivity contribution is 0.170. The van der Waals surface area contributed by atoms with Crippen LogP contribution < -0.4 is 0 Å². The molecular weight excluding hydrogens is 112 g/mol. The van der Waals surface area contributed by atoms with Gasteiger partial charge in [0.2, 0.25) is 0 Å². The Balaban J connectivity index is 3.16. The van der Waals surface area contributed by atoms with Gasteiger partial charge in [0.25, 0.3) is 0 Å². The summed E-state index contributed by atoms with van der Waals surface area (Å²) in [7, 11) is 0. The quantitative estimate of drug-likeness (QED) is 0.513. The topological polar surface area (TPSA) is 9.23 Å². The molecule has 0 atom stereocenters. The minimum atomic E-state index is 0.669. The molecule has 0 rings (SSSR count). The molecule has 0 aromatic carbocycles. The van der Waals surface area contributed by atoms with Gasteiger partial charge in [0.15, 0.2) is 0 Å². The Kier molecular flexibility index (Phi) is 5.23. The van der Waals surface area contributed by atoms with E-state index in [9.17, 15) is 0 Å². The summed E-state index contributed by atoms with van der Waals surface area (Å²) in [4.78, 5) is 0. The van der Waals surface area contributed by atoms with Crippen molar-refractivity contribution in [1.29, 1.82) is 0 Å². The van der Waals surface area contributed by atoms with Gasteiger partial charge in [0, 0.05) is 6.61 Å². The molecule has 0 aliphatic carbocycles. The second-order valence-corrected chi connectivity index (χ2v) is 1.88. The van der Waals surface area contributed by atoms with E-state index in [4.69, 9.17) is 4.74 Å². The van der Waals surface area contributed by atoms with E-state index in [1.54, 1.807) is 0 Å². The Morgan fingerprint density at radius 2 is 2.33 bits per heavy atom. The van der Waals surface area contributed by atoms with Gasteiger partial charge in [-0.2, -0.15) is 0 Å². The van der Waals surface area contributed by atoms with E-state index in [1.165, 1.54) is 0 Å². The van der Waals surface area contributed by atoms with E-state index in [1.807, 2.05) is 13.0 Å². The van der Waals surface area contributed by atoms with Gasteiger partial charge in [-0.05, 0) is 18.9 Å².